The van der Waals surface area contributed by atoms with E-state index in [-0.39, 0.29) is 6.04 Å². The summed E-state index contributed by atoms with van der Waals surface area (Å²) in [4.78, 5) is 0. The van der Waals surface area contributed by atoms with Crippen LogP contribution in [0.5, 0.6) is 5.75 Å². The summed E-state index contributed by atoms with van der Waals surface area (Å²) in [6.45, 7) is 2.07. The third kappa shape index (κ3) is 3.65. The summed E-state index contributed by atoms with van der Waals surface area (Å²) in [6, 6.07) is 11.9. The second-order valence-corrected chi connectivity index (χ2v) is 6.39. The number of halogens is 2. The van der Waals surface area contributed by atoms with E-state index in [1.54, 1.807) is 7.11 Å². The lowest BCUT2D eigenvalue weighted by molar-refractivity contribution is 0.408. The second-order valence-electron chi connectivity index (χ2n) is 4.79. The molecule has 4 heteroatoms. The molecule has 0 heterocycles. The van der Waals surface area contributed by atoms with E-state index in [4.69, 9.17) is 22.1 Å². The van der Waals surface area contributed by atoms with Crippen molar-refractivity contribution < 1.29 is 4.74 Å². The van der Waals surface area contributed by atoms with Gasteiger partial charge in [-0.1, -0.05) is 29.3 Å². The largest absolute Gasteiger partial charge is 0.496 e. The van der Waals surface area contributed by atoms with Gasteiger partial charge >= 0.3 is 0 Å². The third-order valence-electron chi connectivity index (χ3n) is 3.23. The van der Waals surface area contributed by atoms with Gasteiger partial charge in [-0.25, -0.2) is 0 Å². The molecule has 0 aliphatic carbocycles. The van der Waals surface area contributed by atoms with Gasteiger partial charge in [0, 0.05) is 14.6 Å². The van der Waals surface area contributed by atoms with Gasteiger partial charge in [0.2, 0.25) is 0 Å². The lowest BCUT2D eigenvalue weighted by Gasteiger charge is -2.17. The average molecular weight is 402 g/mol. The Hall–Kier alpha value is -0.780. The van der Waals surface area contributed by atoms with Crippen LogP contribution in [0.3, 0.4) is 0 Å². The summed E-state index contributed by atoms with van der Waals surface area (Å²) in [5.41, 5.74) is 9.75. The molecule has 0 saturated carbocycles. The predicted molar refractivity (Wildman–Crippen MR) is 92.5 cm³/mol. The summed E-state index contributed by atoms with van der Waals surface area (Å²) < 4.78 is 6.54. The molecule has 0 aromatic heterocycles. The van der Waals surface area contributed by atoms with Crippen LogP contribution < -0.4 is 10.5 Å². The van der Waals surface area contributed by atoms with Crippen molar-refractivity contribution in [2.75, 3.05) is 7.11 Å². The van der Waals surface area contributed by atoms with Crippen molar-refractivity contribution in [3.8, 4) is 5.75 Å². The lowest BCUT2D eigenvalue weighted by atomic mass is 9.98. The van der Waals surface area contributed by atoms with E-state index in [9.17, 15) is 0 Å². The van der Waals surface area contributed by atoms with E-state index in [1.165, 1.54) is 5.56 Å². The van der Waals surface area contributed by atoms with Gasteiger partial charge in [0.25, 0.3) is 0 Å². The normalized spacial score (nSPS) is 12.2. The molecule has 0 spiro atoms. The van der Waals surface area contributed by atoms with Crippen LogP contribution in [0.25, 0.3) is 0 Å². The fourth-order valence-corrected chi connectivity index (χ4v) is 3.13. The zero-order valence-corrected chi connectivity index (χ0v) is 14.4. The predicted octanol–water partition coefficient (Wildman–Crippen LogP) is 4.50. The van der Waals surface area contributed by atoms with Crippen LogP contribution in [-0.2, 0) is 6.42 Å². The topological polar surface area (TPSA) is 35.2 Å². The van der Waals surface area contributed by atoms with E-state index in [1.807, 2.05) is 30.3 Å². The number of aryl methyl sites for hydroxylation is 1. The third-order valence-corrected chi connectivity index (χ3v) is 4.45. The van der Waals surface area contributed by atoms with Gasteiger partial charge in [-0.15, -0.1) is 0 Å². The minimum atomic E-state index is -0.101. The molecule has 0 bridgehead atoms. The molecule has 2 aromatic carbocycles. The van der Waals surface area contributed by atoms with Crippen LogP contribution in [-0.4, -0.2) is 7.11 Å². The SMILES string of the molecule is COc1ccc(C)cc1CC(N)c1cc(Cl)ccc1I. The molecule has 0 amide bonds. The van der Waals surface area contributed by atoms with E-state index in [2.05, 4.69) is 35.6 Å². The number of ether oxygens (including phenoxy) is 1. The maximum absolute atomic E-state index is 6.35. The van der Waals surface area contributed by atoms with Gasteiger partial charge in [0.1, 0.15) is 5.75 Å². The molecule has 1 atom stereocenters. The monoisotopic (exact) mass is 401 g/mol. The van der Waals surface area contributed by atoms with Gasteiger partial charge in [-0.2, -0.15) is 0 Å². The minimum Gasteiger partial charge on any atom is -0.496 e. The molecule has 106 valence electrons. The van der Waals surface area contributed by atoms with Gasteiger partial charge in [-0.3, -0.25) is 0 Å². The highest BCUT2D eigenvalue weighted by atomic mass is 127. The van der Waals surface area contributed by atoms with Crippen LogP contribution >= 0.6 is 34.2 Å². The standard InChI is InChI=1S/C16H17ClINO/c1-10-3-6-16(20-2)11(7-10)8-15(19)13-9-12(17)4-5-14(13)18/h3-7,9,15H,8,19H2,1-2H3. The Morgan fingerprint density at radius 1 is 1.25 bits per heavy atom. The zero-order valence-electron chi connectivity index (χ0n) is 11.5. The second kappa shape index (κ2) is 6.78. The first-order chi connectivity index (χ1) is 9.51. The van der Waals surface area contributed by atoms with E-state index in [0.29, 0.717) is 5.02 Å². The van der Waals surface area contributed by atoms with Gasteiger partial charge in [-0.05, 0) is 71.3 Å². The summed E-state index contributed by atoms with van der Waals surface area (Å²) in [7, 11) is 1.68. The van der Waals surface area contributed by atoms with Crippen molar-refractivity contribution in [2.24, 2.45) is 5.73 Å². The molecule has 0 radical (unpaired) electrons. The number of rotatable bonds is 4. The summed E-state index contributed by atoms with van der Waals surface area (Å²) in [5.74, 6) is 0.878. The van der Waals surface area contributed by atoms with Gasteiger partial charge in [0.15, 0.2) is 0 Å². The fourth-order valence-electron chi connectivity index (χ4n) is 2.21. The molecule has 0 saturated heterocycles. The van der Waals surface area contributed by atoms with Gasteiger partial charge < -0.3 is 10.5 Å². The van der Waals surface area contributed by atoms with Crippen molar-refractivity contribution in [3.63, 3.8) is 0 Å². The first kappa shape index (κ1) is 15.6. The molecule has 2 nitrogen and oxygen atoms in total. The van der Waals surface area contributed by atoms with Crippen molar-refractivity contribution >= 4 is 34.2 Å². The zero-order chi connectivity index (χ0) is 14.7. The quantitative estimate of drug-likeness (QED) is 0.765. The van der Waals surface area contributed by atoms with E-state index in [0.717, 1.165) is 26.9 Å². The molecule has 2 N–H and O–H groups in total. The molecule has 0 fully saturated rings. The Balaban J connectivity index is 2.29. The van der Waals surface area contributed by atoms with Crippen molar-refractivity contribution in [3.05, 3.63) is 61.7 Å². The van der Waals surface area contributed by atoms with Crippen LogP contribution in [0.1, 0.15) is 22.7 Å². The van der Waals surface area contributed by atoms with Crippen LogP contribution in [0.15, 0.2) is 36.4 Å². The van der Waals surface area contributed by atoms with Gasteiger partial charge in [0.05, 0.1) is 7.11 Å². The van der Waals surface area contributed by atoms with Crippen molar-refractivity contribution in [1.82, 2.24) is 0 Å². The maximum atomic E-state index is 6.35. The van der Waals surface area contributed by atoms with Crippen LogP contribution in [0, 0.1) is 10.5 Å². The number of hydrogen-bond acceptors (Lipinski definition) is 2. The number of benzene rings is 2. The summed E-state index contributed by atoms with van der Waals surface area (Å²) >= 11 is 8.35. The minimum absolute atomic E-state index is 0.101. The molecule has 2 rings (SSSR count). The average Bonchev–Trinajstić information content (AvgIpc) is 2.41. The Bertz CT molecular complexity index is 615. The number of methoxy groups -OCH3 is 1. The Kier molecular flexibility index (Phi) is 5.29. The van der Waals surface area contributed by atoms with Crippen LogP contribution in [0.2, 0.25) is 5.02 Å². The summed E-state index contributed by atoms with van der Waals surface area (Å²) in [6.07, 6.45) is 0.723. The molecular weight excluding hydrogens is 385 g/mol. The summed E-state index contributed by atoms with van der Waals surface area (Å²) in [5, 5.41) is 0.715. The molecule has 0 aliphatic heterocycles. The molecule has 20 heavy (non-hydrogen) atoms. The Morgan fingerprint density at radius 2 is 2.00 bits per heavy atom. The van der Waals surface area contributed by atoms with Crippen molar-refractivity contribution in [1.29, 1.82) is 0 Å². The highest BCUT2D eigenvalue weighted by molar-refractivity contribution is 14.1. The number of nitrogens with two attached hydrogens (primary N) is 1. The molecule has 2 aromatic rings. The van der Waals surface area contributed by atoms with Crippen molar-refractivity contribution in [2.45, 2.75) is 19.4 Å². The van der Waals surface area contributed by atoms with E-state index < -0.39 is 0 Å². The molecular formula is C16H17ClINO. The highest BCUT2D eigenvalue weighted by Crippen LogP contribution is 2.28. The lowest BCUT2D eigenvalue weighted by Crippen LogP contribution is -2.15. The Morgan fingerprint density at radius 3 is 2.70 bits per heavy atom. The first-order valence-corrected chi connectivity index (χ1v) is 7.81. The molecule has 0 aliphatic rings. The highest BCUT2D eigenvalue weighted by Gasteiger charge is 2.14. The maximum Gasteiger partial charge on any atom is 0.122 e. The first-order valence-electron chi connectivity index (χ1n) is 6.35. The number of hydrogen-bond donors (Lipinski definition) is 1. The fraction of sp³-hybridized carbons (Fsp3) is 0.250. The van der Waals surface area contributed by atoms with Crippen LogP contribution in [0.4, 0.5) is 0 Å². The van der Waals surface area contributed by atoms with E-state index >= 15 is 0 Å². The smallest absolute Gasteiger partial charge is 0.122 e. The Labute approximate surface area is 138 Å². The molecule has 1 unspecified atom stereocenters.